The molecule has 2 fully saturated rings. The van der Waals surface area contributed by atoms with Gasteiger partial charge in [0, 0.05) is 18.5 Å². The van der Waals surface area contributed by atoms with Crippen molar-refractivity contribution in [1.29, 1.82) is 0 Å². The minimum absolute atomic E-state index is 0.0312. The lowest BCUT2D eigenvalue weighted by Crippen LogP contribution is -2.38. The minimum Gasteiger partial charge on any atom is -0.396 e. The Morgan fingerprint density at radius 3 is 3.07 bits per heavy atom. The van der Waals surface area contributed by atoms with Crippen LogP contribution < -0.4 is 5.32 Å². The van der Waals surface area contributed by atoms with Crippen LogP contribution in [0.5, 0.6) is 0 Å². The van der Waals surface area contributed by atoms with Crippen LogP contribution in [0.15, 0.2) is 0 Å². The number of likely N-dealkylation sites (tertiary alicyclic amines) is 1. The molecule has 0 bridgehead atoms. The van der Waals surface area contributed by atoms with E-state index >= 15 is 0 Å². The Labute approximate surface area is 90.6 Å². The van der Waals surface area contributed by atoms with Crippen molar-refractivity contribution in [2.24, 2.45) is 11.3 Å². The summed E-state index contributed by atoms with van der Waals surface area (Å²) in [7, 11) is 1.79. The summed E-state index contributed by atoms with van der Waals surface area (Å²) >= 11 is 0. The normalized spacial score (nSPS) is 34.5. The summed E-state index contributed by atoms with van der Waals surface area (Å²) in [5.74, 6) is 0.697. The van der Waals surface area contributed by atoms with E-state index in [2.05, 4.69) is 5.32 Å². The van der Waals surface area contributed by atoms with E-state index in [0.29, 0.717) is 12.5 Å². The molecule has 4 heteroatoms. The number of likely N-dealkylation sites (N-methyl/N-ethyl adjacent to an activating group) is 1. The monoisotopic (exact) mass is 212 g/mol. The van der Waals surface area contributed by atoms with Crippen molar-refractivity contribution in [3.05, 3.63) is 0 Å². The summed E-state index contributed by atoms with van der Waals surface area (Å²) < 4.78 is 0. The van der Waals surface area contributed by atoms with Gasteiger partial charge in [-0.15, -0.1) is 0 Å². The van der Waals surface area contributed by atoms with E-state index in [1.165, 1.54) is 12.8 Å². The Hall–Kier alpha value is -0.610. The number of carbonyl (C=O) groups is 1. The lowest BCUT2D eigenvalue weighted by molar-refractivity contribution is -0.129. The molecule has 2 rings (SSSR count). The Kier molecular flexibility index (Phi) is 2.98. The van der Waals surface area contributed by atoms with Crippen molar-refractivity contribution in [2.75, 3.05) is 33.3 Å². The highest BCUT2D eigenvalue weighted by atomic mass is 16.3. The van der Waals surface area contributed by atoms with Crippen LogP contribution in [0.1, 0.15) is 19.3 Å². The SMILES string of the molecule is CNCC(=O)N1C[C@H]2CCC[C@]2(CO)C1. The molecule has 2 atom stereocenters. The van der Waals surface area contributed by atoms with Gasteiger partial charge in [0.05, 0.1) is 13.2 Å². The summed E-state index contributed by atoms with van der Waals surface area (Å²) in [5.41, 5.74) is 0.0312. The van der Waals surface area contributed by atoms with Crippen LogP contribution >= 0.6 is 0 Å². The zero-order chi connectivity index (χ0) is 10.9. The number of rotatable bonds is 3. The van der Waals surface area contributed by atoms with Gasteiger partial charge in [-0.25, -0.2) is 0 Å². The van der Waals surface area contributed by atoms with Crippen molar-refractivity contribution >= 4 is 5.91 Å². The van der Waals surface area contributed by atoms with Gasteiger partial charge in [-0.05, 0) is 25.8 Å². The molecule has 2 aliphatic rings. The van der Waals surface area contributed by atoms with Crippen LogP contribution in [0.25, 0.3) is 0 Å². The Morgan fingerprint density at radius 2 is 2.47 bits per heavy atom. The van der Waals surface area contributed by atoms with E-state index in [9.17, 15) is 9.90 Å². The highest BCUT2D eigenvalue weighted by molar-refractivity contribution is 5.78. The first-order valence-corrected chi connectivity index (χ1v) is 5.75. The summed E-state index contributed by atoms with van der Waals surface area (Å²) in [6.07, 6.45) is 3.46. The zero-order valence-electron chi connectivity index (χ0n) is 9.33. The highest BCUT2D eigenvalue weighted by Gasteiger charge is 2.49. The molecular formula is C11H20N2O2. The molecule has 86 valence electrons. The number of nitrogens with zero attached hydrogens (tertiary/aromatic N) is 1. The van der Waals surface area contributed by atoms with E-state index in [0.717, 1.165) is 19.5 Å². The summed E-state index contributed by atoms with van der Waals surface area (Å²) in [5, 5.41) is 12.4. The summed E-state index contributed by atoms with van der Waals surface area (Å²) in [6, 6.07) is 0. The van der Waals surface area contributed by atoms with E-state index < -0.39 is 0 Å². The Bertz CT molecular complexity index is 257. The van der Waals surface area contributed by atoms with E-state index in [1.807, 2.05) is 4.90 Å². The number of carbonyl (C=O) groups excluding carboxylic acids is 1. The second-order valence-electron chi connectivity index (χ2n) is 4.91. The topological polar surface area (TPSA) is 52.6 Å². The minimum atomic E-state index is 0.0312. The van der Waals surface area contributed by atoms with Crippen LogP contribution in [0.4, 0.5) is 0 Å². The fraction of sp³-hybridized carbons (Fsp3) is 0.909. The van der Waals surface area contributed by atoms with Crippen LogP contribution in [0.3, 0.4) is 0 Å². The third-order valence-corrected chi connectivity index (χ3v) is 4.04. The van der Waals surface area contributed by atoms with Gasteiger partial charge in [-0.1, -0.05) is 6.42 Å². The molecule has 4 nitrogen and oxygen atoms in total. The molecule has 1 amide bonds. The quantitative estimate of drug-likeness (QED) is 0.683. The molecule has 0 aromatic carbocycles. The number of fused-ring (bicyclic) bond motifs is 1. The fourth-order valence-electron chi connectivity index (χ4n) is 3.13. The molecule has 0 spiro atoms. The second kappa shape index (κ2) is 4.10. The predicted molar refractivity (Wildman–Crippen MR) is 57.4 cm³/mol. The molecule has 1 heterocycles. The largest absolute Gasteiger partial charge is 0.396 e. The van der Waals surface area contributed by atoms with Gasteiger partial charge < -0.3 is 15.3 Å². The lowest BCUT2D eigenvalue weighted by atomic mass is 9.82. The van der Waals surface area contributed by atoms with Crippen molar-refractivity contribution < 1.29 is 9.90 Å². The van der Waals surface area contributed by atoms with Crippen molar-refractivity contribution in [2.45, 2.75) is 19.3 Å². The van der Waals surface area contributed by atoms with Crippen molar-refractivity contribution in [3.63, 3.8) is 0 Å². The van der Waals surface area contributed by atoms with Crippen LogP contribution in [0, 0.1) is 11.3 Å². The summed E-state index contributed by atoms with van der Waals surface area (Å²) in [6.45, 7) is 2.25. The van der Waals surface area contributed by atoms with Crippen molar-refractivity contribution in [3.8, 4) is 0 Å². The maximum absolute atomic E-state index is 11.7. The van der Waals surface area contributed by atoms with Gasteiger partial charge in [-0.2, -0.15) is 0 Å². The van der Waals surface area contributed by atoms with E-state index in [1.54, 1.807) is 7.05 Å². The van der Waals surface area contributed by atoms with E-state index in [-0.39, 0.29) is 17.9 Å². The maximum atomic E-state index is 11.7. The highest BCUT2D eigenvalue weighted by Crippen LogP contribution is 2.48. The van der Waals surface area contributed by atoms with Gasteiger partial charge in [0.2, 0.25) is 5.91 Å². The summed E-state index contributed by atoms with van der Waals surface area (Å²) in [4.78, 5) is 13.6. The third kappa shape index (κ3) is 1.76. The number of amides is 1. The van der Waals surface area contributed by atoms with Crippen molar-refractivity contribution in [1.82, 2.24) is 10.2 Å². The molecule has 1 saturated carbocycles. The second-order valence-corrected chi connectivity index (χ2v) is 4.91. The number of nitrogens with one attached hydrogen (secondary N) is 1. The molecule has 15 heavy (non-hydrogen) atoms. The zero-order valence-corrected chi connectivity index (χ0v) is 9.33. The van der Waals surface area contributed by atoms with Gasteiger partial charge in [0.25, 0.3) is 0 Å². The fourth-order valence-corrected chi connectivity index (χ4v) is 3.13. The van der Waals surface area contributed by atoms with Gasteiger partial charge in [0.1, 0.15) is 0 Å². The standard InChI is InChI=1S/C11H20N2O2/c1-12-5-10(15)13-6-9-3-2-4-11(9,7-13)8-14/h9,12,14H,2-8H2,1H3/t9-,11-/m1/s1. The molecule has 0 aromatic rings. The first kappa shape index (κ1) is 10.9. The molecule has 1 aliphatic carbocycles. The van der Waals surface area contributed by atoms with E-state index in [4.69, 9.17) is 0 Å². The maximum Gasteiger partial charge on any atom is 0.236 e. The number of aliphatic hydroxyl groups is 1. The molecule has 0 radical (unpaired) electrons. The average Bonchev–Trinajstić information content (AvgIpc) is 2.73. The number of hydrogen-bond acceptors (Lipinski definition) is 3. The van der Waals surface area contributed by atoms with Crippen LogP contribution in [-0.2, 0) is 4.79 Å². The number of hydrogen-bond donors (Lipinski definition) is 2. The van der Waals surface area contributed by atoms with Gasteiger partial charge >= 0.3 is 0 Å². The van der Waals surface area contributed by atoms with Crippen LogP contribution in [0.2, 0.25) is 0 Å². The van der Waals surface area contributed by atoms with Gasteiger partial charge in [-0.3, -0.25) is 4.79 Å². The Balaban J connectivity index is 2.01. The molecule has 1 aliphatic heterocycles. The smallest absolute Gasteiger partial charge is 0.236 e. The first-order chi connectivity index (χ1) is 7.22. The number of aliphatic hydroxyl groups excluding tert-OH is 1. The molecule has 2 N–H and O–H groups in total. The lowest BCUT2D eigenvalue weighted by Gasteiger charge is -2.25. The molecular weight excluding hydrogens is 192 g/mol. The Morgan fingerprint density at radius 1 is 1.67 bits per heavy atom. The average molecular weight is 212 g/mol. The van der Waals surface area contributed by atoms with Gasteiger partial charge in [0.15, 0.2) is 0 Å². The molecule has 1 saturated heterocycles. The molecule has 0 unspecified atom stereocenters. The first-order valence-electron chi connectivity index (χ1n) is 5.75. The van der Waals surface area contributed by atoms with Crippen LogP contribution in [-0.4, -0.2) is 49.2 Å². The third-order valence-electron chi connectivity index (χ3n) is 4.04. The predicted octanol–water partition coefficient (Wildman–Crippen LogP) is -0.173. The molecule has 0 aromatic heterocycles.